The molecule has 0 aliphatic heterocycles. The van der Waals surface area contributed by atoms with Gasteiger partial charge in [0, 0.05) is 21.9 Å². The van der Waals surface area contributed by atoms with Gasteiger partial charge in [-0.25, -0.2) is 9.67 Å². The van der Waals surface area contributed by atoms with Crippen molar-refractivity contribution in [2.24, 2.45) is 16.5 Å². The van der Waals surface area contributed by atoms with E-state index in [1.54, 1.807) is 29.2 Å². The van der Waals surface area contributed by atoms with Gasteiger partial charge in [0.25, 0.3) is 0 Å². The van der Waals surface area contributed by atoms with E-state index in [2.05, 4.69) is 15.2 Å². The van der Waals surface area contributed by atoms with E-state index >= 15 is 0 Å². The topological polar surface area (TPSA) is 52.3 Å². The van der Waals surface area contributed by atoms with Gasteiger partial charge in [-0.15, -0.1) is 23.2 Å². The van der Waals surface area contributed by atoms with Crippen molar-refractivity contribution < 1.29 is 4.84 Å². The number of aromatic nitrogens is 3. The lowest BCUT2D eigenvalue weighted by molar-refractivity contribution is 0.124. The molecule has 1 fully saturated rings. The highest BCUT2D eigenvalue weighted by atomic mass is 35.5. The summed E-state index contributed by atoms with van der Waals surface area (Å²) in [4.78, 5) is 9.47. The van der Waals surface area contributed by atoms with E-state index < -0.39 is 4.33 Å². The standard InChI is InChI=1S/C16H16Cl4N4O/c1-15(2)14(16(15,19)20)7-25-23-13(6-24-9-21-8-22-24)11-4-3-10(17)5-12(11)18/h3-5,8-9,14H,6-7H2,1-2H3. The first-order valence-electron chi connectivity index (χ1n) is 7.58. The first-order chi connectivity index (χ1) is 11.7. The van der Waals surface area contributed by atoms with Crippen LogP contribution in [0.25, 0.3) is 0 Å². The number of halogens is 4. The lowest BCUT2D eigenvalue weighted by Gasteiger charge is -2.09. The van der Waals surface area contributed by atoms with Crippen LogP contribution in [0.15, 0.2) is 36.0 Å². The molecule has 25 heavy (non-hydrogen) atoms. The summed E-state index contributed by atoms with van der Waals surface area (Å²) >= 11 is 24.8. The molecule has 9 heteroatoms. The largest absolute Gasteiger partial charge is 0.395 e. The summed E-state index contributed by atoms with van der Waals surface area (Å²) in [5.41, 5.74) is 1.09. The van der Waals surface area contributed by atoms with Crippen molar-refractivity contribution in [3.05, 3.63) is 46.5 Å². The number of nitrogens with zero attached hydrogens (tertiary/aromatic N) is 4. The molecule has 1 aromatic heterocycles. The van der Waals surface area contributed by atoms with Crippen molar-refractivity contribution in [3.8, 4) is 0 Å². The van der Waals surface area contributed by atoms with Gasteiger partial charge in [-0.1, -0.05) is 42.2 Å². The van der Waals surface area contributed by atoms with Gasteiger partial charge in [0.2, 0.25) is 0 Å². The molecule has 0 N–H and O–H groups in total. The minimum absolute atomic E-state index is 0.000364. The Bertz CT molecular complexity index is 775. The van der Waals surface area contributed by atoms with Crippen LogP contribution in [0.2, 0.25) is 10.0 Å². The molecule has 3 rings (SSSR count). The molecule has 1 aliphatic carbocycles. The van der Waals surface area contributed by atoms with E-state index in [9.17, 15) is 0 Å². The Morgan fingerprint density at radius 1 is 1.32 bits per heavy atom. The van der Waals surface area contributed by atoms with E-state index in [0.717, 1.165) is 0 Å². The van der Waals surface area contributed by atoms with Crippen LogP contribution >= 0.6 is 46.4 Å². The summed E-state index contributed by atoms with van der Waals surface area (Å²) in [6.45, 7) is 4.66. The fraction of sp³-hybridized carbons (Fsp3) is 0.438. The fourth-order valence-corrected chi connectivity index (χ4v) is 3.96. The van der Waals surface area contributed by atoms with Gasteiger partial charge in [0.1, 0.15) is 29.3 Å². The molecule has 0 amide bonds. The molecule has 2 aromatic rings. The molecule has 0 radical (unpaired) electrons. The normalized spacial score (nSPS) is 21.2. The molecular weight excluding hydrogens is 406 g/mol. The molecule has 1 aliphatic rings. The zero-order valence-electron chi connectivity index (χ0n) is 13.6. The summed E-state index contributed by atoms with van der Waals surface area (Å²) in [6.07, 6.45) is 3.04. The first kappa shape index (κ1) is 18.8. The maximum Gasteiger partial charge on any atom is 0.137 e. The van der Waals surface area contributed by atoms with Crippen LogP contribution in [0.4, 0.5) is 0 Å². The molecule has 1 saturated carbocycles. The number of hydrogen-bond acceptors (Lipinski definition) is 4. The van der Waals surface area contributed by atoms with E-state index in [4.69, 9.17) is 51.2 Å². The summed E-state index contributed by atoms with van der Waals surface area (Å²) in [5.74, 6) is 0.000364. The maximum atomic E-state index is 6.30. The molecule has 1 unspecified atom stereocenters. The molecule has 5 nitrogen and oxygen atoms in total. The van der Waals surface area contributed by atoms with Crippen molar-refractivity contribution in [1.82, 2.24) is 14.8 Å². The van der Waals surface area contributed by atoms with Crippen LogP contribution in [0.5, 0.6) is 0 Å². The second kappa shape index (κ2) is 6.95. The van der Waals surface area contributed by atoms with Gasteiger partial charge in [-0.2, -0.15) is 5.10 Å². The Morgan fingerprint density at radius 2 is 2.04 bits per heavy atom. The summed E-state index contributed by atoms with van der Waals surface area (Å²) in [5, 5.41) is 9.36. The van der Waals surface area contributed by atoms with E-state index in [-0.39, 0.29) is 11.3 Å². The van der Waals surface area contributed by atoms with Gasteiger partial charge in [-0.05, 0) is 18.2 Å². The Labute approximate surface area is 165 Å². The Morgan fingerprint density at radius 3 is 2.60 bits per heavy atom. The lowest BCUT2D eigenvalue weighted by atomic mass is 10.1. The average Bonchev–Trinajstić information content (AvgIpc) is 2.90. The van der Waals surface area contributed by atoms with Crippen LogP contribution < -0.4 is 0 Å². The van der Waals surface area contributed by atoms with E-state index in [1.807, 2.05) is 13.8 Å². The van der Waals surface area contributed by atoms with Crippen LogP contribution in [0, 0.1) is 11.3 Å². The molecule has 0 bridgehead atoms. The van der Waals surface area contributed by atoms with Crippen molar-refractivity contribution >= 4 is 52.1 Å². The van der Waals surface area contributed by atoms with Gasteiger partial charge in [-0.3, -0.25) is 0 Å². The monoisotopic (exact) mass is 420 g/mol. The average molecular weight is 422 g/mol. The van der Waals surface area contributed by atoms with Crippen molar-refractivity contribution in [1.29, 1.82) is 0 Å². The van der Waals surface area contributed by atoms with Crippen LogP contribution in [-0.4, -0.2) is 31.4 Å². The number of alkyl halides is 2. The van der Waals surface area contributed by atoms with Crippen molar-refractivity contribution in [3.63, 3.8) is 0 Å². The Hall–Kier alpha value is -1.01. The third kappa shape index (κ3) is 3.75. The van der Waals surface area contributed by atoms with Crippen molar-refractivity contribution in [2.75, 3.05) is 6.61 Å². The smallest absolute Gasteiger partial charge is 0.137 e. The number of benzene rings is 1. The number of oxime groups is 1. The lowest BCUT2D eigenvalue weighted by Crippen LogP contribution is -2.14. The van der Waals surface area contributed by atoms with Gasteiger partial charge < -0.3 is 4.84 Å². The third-order valence-corrected chi connectivity index (χ3v) is 6.57. The van der Waals surface area contributed by atoms with Gasteiger partial charge in [0.05, 0.1) is 11.6 Å². The molecule has 1 aromatic carbocycles. The minimum Gasteiger partial charge on any atom is -0.395 e. The highest BCUT2D eigenvalue weighted by molar-refractivity contribution is 6.51. The Balaban J connectivity index is 1.79. The summed E-state index contributed by atoms with van der Waals surface area (Å²) < 4.78 is 0.827. The zero-order chi connectivity index (χ0) is 18.2. The first-order valence-corrected chi connectivity index (χ1v) is 9.09. The predicted octanol–water partition coefficient (Wildman–Crippen LogP) is 4.84. The minimum atomic E-state index is -0.799. The summed E-state index contributed by atoms with van der Waals surface area (Å²) in [7, 11) is 0. The quantitative estimate of drug-likeness (QED) is 0.381. The summed E-state index contributed by atoms with van der Waals surface area (Å²) in [6, 6.07) is 5.19. The molecule has 1 atom stereocenters. The fourth-order valence-electron chi connectivity index (χ4n) is 2.61. The molecule has 0 saturated heterocycles. The predicted molar refractivity (Wildman–Crippen MR) is 101 cm³/mol. The Kier molecular flexibility index (Phi) is 5.22. The third-order valence-electron chi connectivity index (χ3n) is 4.52. The maximum absolute atomic E-state index is 6.30. The van der Waals surface area contributed by atoms with Crippen LogP contribution in [-0.2, 0) is 11.4 Å². The van der Waals surface area contributed by atoms with E-state index in [1.165, 1.54) is 6.33 Å². The highest BCUT2D eigenvalue weighted by Crippen LogP contribution is 2.68. The molecular formula is C16H16Cl4N4O. The molecule has 0 spiro atoms. The number of hydrogen-bond donors (Lipinski definition) is 0. The van der Waals surface area contributed by atoms with Crippen LogP contribution in [0.1, 0.15) is 19.4 Å². The zero-order valence-corrected chi connectivity index (χ0v) is 16.6. The molecule has 134 valence electrons. The molecule has 1 heterocycles. The van der Waals surface area contributed by atoms with E-state index in [0.29, 0.717) is 34.5 Å². The second-order valence-corrected chi connectivity index (χ2v) is 8.68. The van der Waals surface area contributed by atoms with Gasteiger partial charge in [0.15, 0.2) is 0 Å². The second-order valence-electron chi connectivity index (χ2n) is 6.45. The SMILES string of the molecule is CC1(C)C(CON=C(Cn2cncn2)c2ccc(Cl)cc2Cl)C1(Cl)Cl. The van der Waals surface area contributed by atoms with Crippen LogP contribution in [0.3, 0.4) is 0 Å². The number of rotatable bonds is 6. The highest BCUT2D eigenvalue weighted by Gasteiger charge is 2.70. The van der Waals surface area contributed by atoms with Crippen molar-refractivity contribution in [2.45, 2.75) is 24.7 Å². The van der Waals surface area contributed by atoms with Gasteiger partial charge >= 0.3 is 0 Å².